The maximum Gasteiger partial charge on any atom is 0.294 e. The fraction of sp³-hybridized carbons (Fsp3) is 0.385. The Hall–Kier alpha value is -3.76. The van der Waals surface area contributed by atoms with Crippen LogP contribution in [0.1, 0.15) is 35.1 Å². The molecule has 0 spiro atoms. The average molecular weight is 491 g/mol. The number of hydrogen-bond donors (Lipinski definition) is 2. The van der Waals surface area contributed by atoms with E-state index in [0.717, 1.165) is 61.9 Å². The molecular formula is C26H30N6O4. The number of aromatic nitrogens is 4. The Balaban J connectivity index is 1.28. The van der Waals surface area contributed by atoms with Gasteiger partial charge in [0.25, 0.3) is 11.5 Å². The summed E-state index contributed by atoms with van der Waals surface area (Å²) in [5.41, 5.74) is 2.59. The highest BCUT2D eigenvalue weighted by Crippen LogP contribution is 2.19. The van der Waals surface area contributed by atoms with Crippen LogP contribution in [0.5, 0.6) is 5.75 Å². The van der Waals surface area contributed by atoms with Crippen molar-refractivity contribution < 1.29 is 14.3 Å². The number of carbonyl (C=O) groups is 1. The number of aryl methyl sites for hydroxylation is 1. The first-order valence-electron chi connectivity index (χ1n) is 12.3. The quantitative estimate of drug-likeness (QED) is 0.370. The predicted molar refractivity (Wildman–Crippen MR) is 135 cm³/mol. The highest BCUT2D eigenvalue weighted by Gasteiger charge is 2.15. The van der Waals surface area contributed by atoms with Crippen LogP contribution < -0.4 is 15.6 Å². The molecule has 2 aromatic carbocycles. The first-order chi connectivity index (χ1) is 17.6. The molecule has 188 valence electrons. The first kappa shape index (κ1) is 24.0. The molecule has 3 heterocycles. The van der Waals surface area contributed by atoms with Crippen molar-refractivity contribution in [1.29, 1.82) is 0 Å². The zero-order chi connectivity index (χ0) is 24.9. The third-order valence-corrected chi connectivity index (χ3v) is 6.34. The maximum atomic E-state index is 13.0. The molecule has 1 amide bonds. The van der Waals surface area contributed by atoms with Gasteiger partial charge in [-0.3, -0.25) is 18.9 Å². The number of benzene rings is 2. The topological polar surface area (TPSA) is 114 Å². The van der Waals surface area contributed by atoms with Crippen LogP contribution in [-0.4, -0.2) is 69.8 Å². The average Bonchev–Trinajstić information content (AvgIpc) is 3.33. The Bertz CT molecular complexity index is 1420. The molecule has 0 bridgehead atoms. The molecule has 0 unspecified atom stereocenters. The number of nitrogens with zero attached hydrogens (tertiary/aromatic N) is 4. The number of morpholine rings is 1. The summed E-state index contributed by atoms with van der Waals surface area (Å²) >= 11 is 0. The van der Waals surface area contributed by atoms with Crippen molar-refractivity contribution in [2.75, 3.05) is 39.5 Å². The SMILES string of the molecule is CCCc1nnc2c(=O)[nH]c3cc(C(=O)NCc4ccccc4OCCN4CCOCC4)ccc3n12. The van der Waals surface area contributed by atoms with Crippen molar-refractivity contribution in [1.82, 2.24) is 29.8 Å². The van der Waals surface area contributed by atoms with E-state index in [4.69, 9.17) is 9.47 Å². The molecule has 0 saturated carbocycles. The number of ether oxygens (including phenoxy) is 2. The van der Waals surface area contributed by atoms with Gasteiger partial charge in [0, 0.05) is 43.7 Å². The van der Waals surface area contributed by atoms with Crippen LogP contribution >= 0.6 is 0 Å². The second kappa shape index (κ2) is 10.9. The Morgan fingerprint density at radius 3 is 2.83 bits per heavy atom. The Labute approximate surface area is 208 Å². The lowest BCUT2D eigenvalue weighted by molar-refractivity contribution is 0.0322. The molecule has 1 fully saturated rings. The monoisotopic (exact) mass is 490 g/mol. The van der Waals surface area contributed by atoms with E-state index in [1.165, 1.54) is 0 Å². The fourth-order valence-electron chi connectivity index (χ4n) is 4.43. The summed E-state index contributed by atoms with van der Waals surface area (Å²) in [5, 5.41) is 11.2. The van der Waals surface area contributed by atoms with Crippen LogP contribution in [0.3, 0.4) is 0 Å². The van der Waals surface area contributed by atoms with Crippen molar-refractivity contribution in [3.8, 4) is 5.75 Å². The summed E-state index contributed by atoms with van der Waals surface area (Å²) in [7, 11) is 0. The molecule has 2 N–H and O–H groups in total. The van der Waals surface area contributed by atoms with E-state index in [2.05, 4.69) is 25.4 Å². The smallest absolute Gasteiger partial charge is 0.294 e. The van der Waals surface area contributed by atoms with Crippen molar-refractivity contribution in [3.05, 3.63) is 69.8 Å². The Morgan fingerprint density at radius 1 is 1.17 bits per heavy atom. The van der Waals surface area contributed by atoms with Crippen LogP contribution in [0, 0.1) is 0 Å². The van der Waals surface area contributed by atoms with Gasteiger partial charge in [0.2, 0.25) is 5.65 Å². The van der Waals surface area contributed by atoms with Gasteiger partial charge in [0.1, 0.15) is 18.2 Å². The number of H-pyrrole nitrogens is 1. The maximum absolute atomic E-state index is 13.0. The van der Waals surface area contributed by atoms with Crippen LogP contribution in [0.2, 0.25) is 0 Å². The van der Waals surface area contributed by atoms with Gasteiger partial charge < -0.3 is 19.8 Å². The molecule has 0 atom stereocenters. The second-order valence-electron chi connectivity index (χ2n) is 8.80. The molecule has 0 radical (unpaired) electrons. The number of fused-ring (bicyclic) bond motifs is 3. The van der Waals surface area contributed by atoms with E-state index in [1.54, 1.807) is 16.5 Å². The molecule has 5 rings (SSSR count). The lowest BCUT2D eigenvalue weighted by Gasteiger charge is -2.26. The minimum atomic E-state index is -0.335. The summed E-state index contributed by atoms with van der Waals surface area (Å²) < 4.78 is 13.2. The van der Waals surface area contributed by atoms with Crippen molar-refractivity contribution in [3.63, 3.8) is 0 Å². The van der Waals surface area contributed by atoms with Gasteiger partial charge in [-0.25, -0.2) is 0 Å². The minimum absolute atomic E-state index is 0.237. The molecule has 2 aromatic heterocycles. The van der Waals surface area contributed by atoms with Crippen LogP contribution in [0.4, 0.5) is 0 Å². The van der Waals surface area contributed by atoms with Gasteiger partial charge >= 0.3 is 0 Å². The van der Waals surface area contributed by atoms with Gasteiger partial charge in [0.15, 0.2) is 0 Å². The first-order valence-corrected chi connectivity index (χ1v) is 12.3. The normalized spacial score (nSPS) is 14.4. The van der Waals surface area contributed by atoms with Crippen LogP contribution in [0.25, 0.3) is 16.7 Å². The van der Waals surface area contributed by atoms with E-state index in [1.807, 2.05) is 37.3 Å². The van der Waals surface area contributed by atoms with Gasteiger partial charge in [-0.05, 0) is 30.7 Å². The largest absolute Gasteiger partial charge is 0.492 e. The van der Waals surface area contributed by atoms with Crippen LogP contribution in [-0.2, 0) is 17.7 Å². The van der Waals surface area contributed by atoms with Gasteiger partial charge in [-0.1, -0.05) is 25.1 Å². The van der Waals surface area contributed by atoms with E-state index >= 15 is 0 Å². The lowest BCUT2D eigenvalue weighted by atomic mass is 10.1. The molecule has 0 aliphatic carbocycles. The van der Waals surface area contributed by atoms with E-state index < -0.39 is 0 Å². The molecule has 10 heteroatoms. The molecule has 36 heavy (non-hydrogen) atoms. The summed E-state index contributed by atoms with van der Waals surface area (Å²) in [6, 6.07) is 13.0. The molecule has 1 aliphatic rings. The van der Waals surface area contributed by atoms with Gasteiger partial charge in [-0.2, -0.15) is 0 Å². The van der Waals surface area contributed by atoms with Gasteiger partial charge in [-0.15, -0.1) is 10.2 Å². The lowest BCUT2D eigenvalue weighted by Crippen LogP contribution is -2.38. The molecule has 4 aromatic rings. The Kier molecular flexibility index (Phi) is 7.24. The number of nitrogens with one attached hydrogen (secondary N) is 2. The highest BCUT2D eigenvalue weighted by atomic mass is 16.5. The minimum Gasteiger partial charge on any atom is -0.492 e. The number of hydrogen-bond acceptors (Lipinski definition) is 7. The summed E-state index contributed by atoms with van der Waals surface area (Å²) in [4.78, 5) is 30.6. The zero-order valence-electron chi connectivity index (χ0n) is 20.3. The van der Waals surface area contributed by atoms with Gasteiger partial charge in [0.05, 0.1) is 24.2 Å². The number of rotatable bonds is 9. The van der Waals surface area contributed by atoms with Crippen molar-refractivity contribution in [2.24, 2.45) is 0 Å². The van der Waals surface area contributed by atoms with E-state index in [0.29, 0.717) is 30.7 Å². The number of carbonyl (C=O) groups excluding carboxylic acids is 1. The fourth-order valence-corrected chi connectivity index (χ4v) is 4.43. The zero-order valence-corrected chi connectivity index (χ0v) is 20.3. The standard InChI is InChI=1S/C26H30N6O4/c1-2-5-23-29-30-24-26(34)28-20-16-18(8-9-21(20)32(23)24)25(33)27-17-19-6-3-4-7-22(19)36-15-12-31-10-13-35-14-11-31/h3-4,6-9,16H,2,5,10-15,17H2,1H3,(H,27,33)(H,28,34). The molecule has 10 nitrogen and oxygen atoms in total. The van der Waals surface area contributed by atoms with E-state index in [-0.39, 0.29) is 17.1 Å². The number of amides is 1. The number of aromatic amines is 1. The third-order valence-electron chi connectivity index (χ3n) is 6.34. The van der Waals surface area contributed by atoms with Crippen molar-refractivity contribution >= 4 is 22.6 Å². The number of para-hydroxylation sites is 1. The highest BCUT2D eigenvalue weighted by molar-refractivity contribution is 5.97. The summed E-state index contributed by atoms with van der Waals surface area (Å²) in [5.74, 6) is 1.25. The summed E-state index contributed by atoms with van der Waals surface area (Å²) in [6.07, 6.45) is 1.59. The van der Waals surface area contributed by atoms with Crippen LogP contribution in [0.15, 0.2) is 47.3 Å². The molecular weight excluding hydrogens is 460 g/mol. The Morgan fingerprint density at radius 2 is 2.00 bits per heavy atom. The van der Waals surface area contributed by atoms with E-state index in [9.17, 15) is 9.59 Å². The second-order valence-corrected chi connectivity index (χ2v) is 8.80. The predicted octanol–water partition coefficient (Wildman–Crippen LogP) is 2.16. The molecule has 1 aliphatic heterocycles. The van der Waals surface area contributed by atoms with Crippen molar-refractivity contribution in [2.45, 2.75) is 26.3 Å². The third kappa shape index (κ3) is 5.09. The summed E-state index contributed by atoms with van der Waals surface area (Å²) in [6.45, 7) is 7.13. The molecule has 1 saturated heterocycles.